The lowest BCUT2D eigenvalue weighted by atomic mass is 10.2. The first-order chi connectivity index (χ1) is 4.31. The highest BCUT2D eigenvalue weighted by molar-refractivity contribution is 4.87. The second kappa shape index (κ2) is 10.4. The van der Waals surface area contributed by atoms with Crippen molar-refractivity contribution in [1.82, 2.24) is 0 Å². The predicted molar refractivity (Wildman–Crippen MR) is 44.3 cm³/mol. The van der Waals surface area contributed by atoms with Gasteiger partial charge in [0.15, 0.2) is 0 Å². The van der Waals surface area contributed by atoms with Gasteiger partial charge in [0.2, 0.25) is 0 Å². The molecule has 0 bridgehead atoms. The lowest BCUT2D eigenvalue weighted by Crippen LogP contribution is -2.14. The molecular formula is C8H17N. The zero-order valence-electron chi connectivity index (χ0n) is 6.43. The third kappa shape index (κ3) is 11.2. The van der Waals surface area contributed by atoms with Crippen molar-refractivity contribution in [3.8, 4) is 0 Å². The summed E-state index contributed by atoms with van der Waals surface area (Å²) in [5, 5.41) is 0. The summed E-state index contributed by atoms with van der Waals surface area (Å²) in [5.74, 6) is 0. The van der Waals surface area contributed by atoms with Crippen LogP contribution in [0.5, 0.6) is 0 Å². The minimum Gasteiger partial charge on any atom is -0.324 e. The van der Waals surface area contributed by atoms with Crippen molar-refractivity contribution in [2.75, 3.05) is 0 Å². The molecule has 1 nitrogen and oxygen atoms in total. The summed E-state index contributed by atoms with van der Waals surface area (Å²) >= 11 is 0. The van der Waals surface area contributed by atoms with Crippen molar-refractivity contribution in [2.24, 2.45) is 5.73 Å². The molecule has 0 unspecified atom stereocenters. The molecule has 0 radical (unpaired) electrons. The zero-order valence-corrected chi connectivity index (χ0v) is 6.43. The van der Waals surface area contributed by atoms with Gasteiger partial charge in [-0.05, 0) is 6.42 Å². The van der Waals surface area contributed by atoms with E-state index in [-0.39, 0.29) is 6.04 Å². The van der Waals surface area contributed by atoms with Gasteiger partial charge in [-0.25, -0.2) is 0 Å². The van der Waals surface area contributed by atoms with Crippen molar-refractivity contribution in [1.29, 1.82) is 0 Å². The van der Waals surface area contributed by atoms with Gasteiger partial charge < -0.3 is 5.73 Å². The van der Waals surface area contributed by atoms with Crippen molar-refractivity contribution in [3.05, 3.63) is 25.3 Å². The lowest BCUT2D eigenvalue weighted by Gasteiger charge is -1.96. The Morgan fingerprint density at radius 1 is 1.44 bits per heavy atom. The van der Waals surface area contributed by atoms with Gasteiger partial charge in [-0.1, -0.05) is 26.0 Å². The predicted octanol–water partition coefficient (Wildman–Crippen LogP) is 2.10. The Balaban J connectivity index is 0. The van der Waals surface area contributed by atoms with Crippen LogP contribution in [0.3, 0.4) is 0 Å². The minimum absolute atomic E-state index is 0.0949. The summed E-state index contributed by atoms with van der Waals surface area (Å²) in [6.45, 7) is 11.0. The van der Waals surface area contributed by atoms with Crippen molar-refractivity contribution >= 4 is 0 Å². The Labute approximate surface area is 58.3 Å². The summed E-state index contributed by atoms with van der Waals surface area (Å²) < 4.78 is 0. The molecule has 0 aromatic carbocycles. The van der Waals surface area contributed by atoms with Crippen LogP contribution in [-0.4, -0.2) is 6.04 Å². The fraction of sp³-hybridized carbons (Fsp3) is 0.500. The van der Waals surface area contributed by atoms with E-state index < -0.39 is 0 Å². The molecule has 0 aromatic heterocycles. The summed E-state index contributed by atoms with van der Waals surface area (Å²) in [7, 11) is 0. The molecule has 0 fully saturated rings. The van der Waals surface area contributed by atoms with Gasteiger partial charge in [-0.2, -0.15) is 0 Å². The first-order valence-electron chi connectivity index (χ1n) is 3.30. The number of hydrogen-bond donors (Lipinski definition) is 1. The highest BCUT2D eigenvalue weighted by atomic mass is 14.6. The number of hydrogen-bond acceptors (Lipinski definition) is 1. The van der Waals surface area contributed by atoms with Gasteiger partial charge in [0.1, 0.15) is 0 Å². The van der Waals surface area contributed by atoms with Crippen LogP contribution in [-0.2, 0) is 0 Å². The zero-order chi connectivity index (χ0) is 7.70. The summed E-state index contributed by atoms with van der Waals surface area (Å²) in [4.78, 5) is 0. The molecular weight excluding hydrogens is 110 g/mol. The molecule has 0 saturated heterocycles. The summed E-state index contributed by atoms with van der Waals surface area (Å²) in [6.07, 6.45) is 4.32. The second-order valence-electron chi connectivity index (χ2n) is 1.42. The van der Waals surface area contributed by atoms with Crippen LogP contribution in [0, 0.1) is 0 Å². The van der Waals surface area contributed by atoms with Gasteiger partial charge in [-0.15, -0.1) is 13.2 Å². The first kappa shape index (κ1) is 11.3. The van der Waals surface area contributed by atoms with E-state index in [4.69, 9.17) is 5.73 Å². The quantitative estimate of drug-likeness (QED) is 0.577. The highest BCUT2D eigenvalue weighted by Crippen LogP contribution is 1.86. The fourth-order valence-corrected chi connectivity index (χ4v) is 0.289. The molecule has 0 aliphatic rings. The average Bonchev–Trinajstić information content (AvgIpc) is 1.93. The monoisotopic (exact) mass is 127 g/mol. The largest absolute Gasteiger partial charge is 0.324 e. The van der Waals surface area contributed by atoms with E-state index in [1.54, 1.807) is 12.2 Å². The third-order valence-electron chi connectivity index (χ3n) is 0.742. The maximum absolute atomic E-state index is 5.39. The van der Waals surface area contributed by atoms with E-state index in [1.807, 2.05) is 13.8 Å². The van der Waals surface area contributed by atoms with Crippen molar-refractivity contribution in [2.45, 2.75) is 26.3 Å². The minimum atomic E-state index is 0.0949. The first-order valence-corrected chi connectivity index (χ1v) is 3.30. The number of rotatable bonds is 3. The molecule has 0 aliphatic heterocycles. The molecule has 9 heavy (non-hydrogen) atoms. The Morgan fingerprint density at radius 3 is 2.00 bits per heavy atom. The van der Waals surface area contributed by atoms with Crippen molar-refractivity contribution < 1.29 is 0 Å². The van der Waals surface area contributed by atoms with E-state index in [0.29, 0.717) is 0 Å². The van der Waals surface area contributed by atoms with Crippen LogP contribution in [0.25, 0.3) is 0 Å². The standard InChI is InChI=1S/C6H11N.C2H6/c1-3-5-6(7)4-2;1-2/h3-4,6H,1-2,5,7H2;1-2H3/t6-;/m1./s1. The average molecular weight is 127 g/mol. The molecule has 0 spiro atoms. The summed E-state index contributed by atoms with van der Waals surface area (Å²) in [6, 6.07) is 0.0949. The Morgan fingerprint density at radius 2 is 1.89 bits per heavy atom. The van der Waals surface area contributed by atoms with Crippen LogP contribution < -0.4 is 5.73 Å². The van der Waals surface area contributed by atoms with Crippen LogP contribution in [0.1, 0.15) is 20.3 Å². The highest BCUT2D eigenvalue weighted by Gasteiger charge is 1.86. The SMILES string of the molecule is C=CC[C@H](N)C=C.CC. The summed E-state index contributed by atoms with van der Waals surface area (Å²) in [5.41, 5.74) is 5.39. The molecule has 0 aromatic rings. The van der Waals surface area contributed by atoms with Crippen LogP contribution in [0.15, 0.2) is 25.3 Å². The van der Waals surface area contributed by atoms with E-state index >= 15 is 0 Å². The Kier molecular flexibility index (Phi) is 13.1. The Hall–Kier alpha value is -0.560. The topological polar surface area (TPSA) is 26.0 Å². The van der Waals surface area contributed by atoms with Crippen LogP contribution in [0.4, 0.5) is 0 Å². The molecule has 0 aliphatic carbocycles. The molecule has 2 N–H and O–H groups in total. The van der Waals surface area contributed by atoms with Crippen LogP contribution >= 0.6 is 0 Å². The smallest absolute Gasteiger partial charge is 0.0256 e. The lowest BCUT2D eigenvalue weighted by molar-refractivity contribution is 0.838. The maximum atomic E-state index is 5.39. The van der Waals surface area contributed by atoms with Gasteiger partial charge in [0, 0.05) is 6.04 Å². The molecule has 0 saturated carbocycles. The normalized spacial score (nSPS) is 10.6. The third-order valence-corrected chi connectivity index (χ3v) is 0.742. The molecule has 1 heteroatoms. The molecule has 0 heterocycles. The Bertz CT molecular complexity index is 67.0. The van der Waals surface area contributed by atoms with Gasteiger partial charge in [0.05, 0.1) is 0 Å². The van der Waals surface area contributed by atoms with E-state index in [2.05, 4.69) is 13.2 Å². The molecule has 54 valence electrons. The van der Waals surface area contributed by atoms with Gasteiger partial charge in [-0.3, -0.25) is 0 Å². The molecule has 1 atom stereocenters. The number of nitrogens with two attached hydrogens (primary N) is 1. The van der Waals surface area contributed by atoms with Crippen molar-refractivity contribution in [3.63, 3.8) is 0 Å². The second-order valence-corrected chi connectivity index (χ2v) is 1.42. The van der Waals surface area contributed by atoms with Gasteiger partial charge in [0.25, 0.3) is 0 Å². The van der Waals surface area contributed by atoms with E-state index in [0.717, 1.165) is 6.42 Å². The fourth-order valence-electron chi connectivity index (χ4n) is 0.289. The van der Waals surface area contributed by atoms with Gasteiger partial charge >= 0.3 is 0 Å². The van der Waals surface area contributed by atoms with Crippen LogP contribution in [0.2, 0.25) is 0 Å². The molecule has 0 amide bonds. The van der Waals surface area contributed by atoms with E-state index in [1.165, 1.54) is 0 Å². The van der Waals surface area contributed by atoms with E-state index in [9.17, 15) is 0 Å². The molecule has 0 rings (SSSR count). The maximum Gasteiger partial charge on any atom is 0.0256 e.